The monoisotopic (exact) mass is 549 g/mol. The number of methoxy groups -OCH3 is 4. The van der Waals surface area contributed by atoms with Crippen LogP contribution in [0.4, 0.5) is 13.2 Å². The van der Waals surface area contributed by atoms with Crippen LogP contribution >= 0.6 is 11.6 Å². The number of amides is 1. The maximum Gasteiger partial charge on any atom is 0.251 e. The Labute approximate surface area is 221 Å². The molecule has 0 saturated heterocycles. The molecule has 3 aromatic carbocycles. The minimum absolute atomic E-state index is 0.0397. The molecule has 1 amide bonds. The molecule has 0 aromatic heterocycles. The summed E-state index contributed by atoms with van der Waals surface area (Å²) in [4.78, 5) is 26.0. The van der Waals surface area contributed by atoms with Crippen LogP contribution in [0.1, 0.15) is 33.9 Å². The van der Waals surface area contributed by atoms with Gasteiger partial charge in [0.15, 0.2) is 34.7 Å². The Kier molecular flexibility index (Phi) is 7.73. The quantitative estimate of drug-likeness (QED) is 0.424. The molecule has 7 nitrogen and oxygen atoms in total. The van der Waals surface area contributed by atoms with E-state index in [2.05, 4.69) is 5.32 Å². The third-order valence-electron chi connectivity index (χ3n) is 6.36. The van der Waals surface area contributed by atoms with E-state index in [1.807, 2.05) is 0 Å². The number of halogens is 4. The van der Waals surface area contributed by atoms with E-state index in [-0.39, 0.29) is 40.9 Å². The first-order valence-electron chi connectivity index (χ1n) is 11.3. The van der Waals surface area contributed by atoms with Crippen LogP contribution in [0.2, 0.25) is 5.02 Å². The molecule has 0 aliphatic heterocycles. The summed E-state index contributed by atoms with van der Waals surface area (Å²) in [6.45, 7) is 0. The van der Waals surface area contributed by atoms with Gasteiger partial charge in [-0.25, -0.2) is 13.2 Å². The van der Waals surface area contributed by atoms with Gasteiger partial charge in [0, 0.05) is 11.1 Å². The molecule has 3 aromatic rings. The van der Waals surface area contributed by atoms with Crippen molar-refractivity contribution < 1.29 is 36.9 Å². The van der Waals surface area contributed by atoms with E-state index in [1.165, 1.54) is 40.6 Å². The maximum atomic E-state index is 13.8. The zero-order valence-electron chi connectivity index (χ0n) is 20.8. The molecule has 0 heterocycles. The molecule has 0 fully saturated rings. The van der Waals surface area contributed by atoms with Gasteiger partial charge in [0.25, 0.3) is 5.91 Å². The number of hydrogen-bond acceptors (Lipinski definition) is 6. The normalized spacial score (nSPS) is 14.1. The van der Waals surface area contributed by atoms with E-state index < -0.39 is 40.4 Å². The molecule has 1 N–H and O–H groups in total. The predicted octanol–water partition coefficient (Wildman–Crippen LogP) is 5.24. The van der Waals surface area contributed by atoms with Crippen molar-refractivity contribution in [2.45, 2.75) is 18.9 Å². The van der Waals surface area contributed by atoms with Crippen molar-refractivity contribution in [1.82, 2.24) is 5.32 Å². The molecule has 0 unspecified atom stereocenters. The summed E-state index contributed by atoms with van der Waals surface area (Å²) in [7, 11) is 5.64. The summed E-state index contributed by atoms with van der Waals surface area (Å²) in [5.41, 5.74) is 1.06. The lowest BCUT2D eigenvalue weighted by atomic mass is 9.95. The molecule has 1 atom stereocenters. The van der Waals surface area contributed by atoms with Crippen molar-refractivity contribution in [1.29, 1.82) is 0 Å². The molecule has 4 rings (SSSR count). The molecular formula is C27H23ClF3NO6. The number of ether oxygens (including phenoxy) is 4. The van der Waals surface area contributed by atoms with Gasteiger partial charge >= 0.3 is 0 Å². The molecule has 0 spiro atoms. The van der Waals surface area contributed by atoms with Gasteiger partial charge in [-0.3, -0.25) is 9.59 Å². The Morgan fingerprint density at radius 1 is 0.921 bits per heavy atom. The van der Waals surface area contributed by atoms with E-state index >= 15 is 0 Å². The first kappa shape index (κ1) is 27.1. The van der Waals surface area contributed by atoms with Crippen LogP contribution in [0.25, 0.3) is 11.1 Å². The largest absolute Gasteiger partial charge is 0.493 e. The fourth-order valence-electron chi connectivity index (χ4n) is 4.62. The minimum Gasteiger partial charge on any atom is -0.493 e. The highest BCUT2D eigenvalue weighted by Gasteiger charge is 2.33. The van der Waals surface area contributed by atoms with Crippen molar-refractivity contribution in [2.75, 3.05) is 28.4 Å². The first-order chi connectivity index (χ1) is 18.2. The highest BCUT2D eigenvalue weighted by Crippen LogP contribution is 2.54. The molecule has 38 heavy (non-hydrogen) atoms. The van der Waals surface area contributed by atoms with Crippen LogP contribution in [-0.2, 0) is 6.42 Å². The Hall–Kier alpha value is -3.92. The average Bonchev–Trinajstić information content (AvgIpc) is 3.15. The van der Waals surface area contributed by atoms with Gasteiger partial charge in [-0.05, 0) is 53.8 Å². The fourth-order valence-corrected chi connectivity index (χ4v) is 4.97. The van der Waals surface area contributed by atoms with E-state index in [0.717, 1.165) is 0 Å². The highest BCUT2D eigenvalue weighted by molar-refractivity contribution is 6.34. The summed E-state index contributed by atoms with van der Waals surface area (Å²) in [5, 5.41) is 2.96. The van der Waals surface area contributed by atoms with E-state index in [9.17, 15) is 22.8 Å². The van der Waals surface area contributed by atoms with Crippen LogP contribution in [-0.4, -0.2) is 34.3 Å². The number of nitrogens with one attached hydrogen (secondary N) is 1. The molecule has 1 aliphatic carbocycles. The number of fused-ring (bicyclic) bond motifs is 3. The lowest BCUT2D eigenvalue weighted by Crippen LogP contribution is -2.29. The third kappa shape index (κ3) is 4.60. The van der Waals surface area contributed by atoms with Gasteiger partial charge in [-0.15, -0.1) is 0 Å². The van der Waals surface area contributed by atoms with Crippen molar-refractivity contribution in [3.05, 3.63) is 79.7 Å². The van der Waals surface area contributed by atoms with Gasteiger partial charge in [-0.2, -0.15) is 0 Å². The molecule has 11 heteroatoms. The first-order valence-corrected chi connectivity index (χ1v) is 11.7. The number of carbonyl (C=O) groups is 1. The zero-order chi connectivity index (χ0) is 27.7. The van der Waals surface area contributed by atoms with Crippen LogP contribution in [0.15, 0.2) is 35.1 Å². The zero-order valence-corrected chi connectivity index (χ0v) is 21.6. The number of rotatable bonds is 6. The number of carbonyl (C=O) groups excluding carboxylic acids is 1. The highest BCUT2D eigenvalue weighted by atomic mass is 35.5. The van der Waals surface area contributed by atoms with Gasteiger partial charge < -0.3 is 24.3 Å². The summed E-state index contributed by atoms with van der Waals surface area (Å²) in [6.07, 6.45) is 0.508. The van der Waals surface area contributed by atoms with Crippen LogP contribution in [0.3, 0.4) is 0 Å². The smallest absolute Gasteiger partial charge is 0.251 e. The van der Waals surface area contributed by atoms with Gasteiger partial charge in [0.1, 0.15) is 0 Å². The molecule has 1 aliphatic rings. The average molecular weight is 550 g/mol. The second kappa shape index (κ2) is 10.8. The number of benzene rings is 2. The predicted molar refractivity (Wildman–Crippen MR) is 134 cm³/mol. The lowest BCUT2D eigenvalue weighted by molar-refractivity contribution is 0.0933. The number of hydrogen-bond donors (Lipinski definition) is 1. The summed E-state index contributed by atoms with van der Waals surface area (Å²) < 4.78 is 63.0. The summed E-state index contributed by atoms with van der Waals surface area (Å²) in [6, 6.07) is 4.78. The third-order valence-corrected chi connectivity index (χ3v) is 6.76. The van der Waals surface area contributed by atoms with Crippen molar-refractivity contribution in [3.8, 4) is 34.1 Å². The second-order valence-corrected chi connectivity index (χ2v) is 8.74. The molecule has 200 valence electrons. The Balaban J connectivity index is 1.96. The Bertz CT molecular complexity index is 1470. The van der Waals surface area contributed by atoms with Crippen molar-refractivity contribution >= 4 is 17.5 Å². The van der Waals surface area contributed by atoms with E-state index in [0.29, 0.717) is 34.4 Å². The summed E-state index contributed by atoms with van der Waals surface area (Å²) in [5.74, 6) is -4.76. The van der Waals surface area contributed by atoms with E-state index in [4.69, 9.17) is 30.5 Å². The second-order valence-electron chi connectivity index (χ2n) is 8.37. The van der Waals surface area contributed by atoms with Crippen LogP contribution < -0.4 is 29.7 Å². The van der Waals surface area contributed by atoms with Crippen LogP contribution in [0, 0.1) is 17.5 Å². The van der Waals surface area contributed by atoms with Crippen molar-refractivity contribution in [3.63, 3.8) is 0 Å². The molecule has 0 radical (unpaired) electrons. The Morgan fingerprint density at radius 3 is 2.13 bits per heavy atom. The lowest BCUT2D eigenvalue weighted by Gasteiger charge is -2.21. The molecule has 0 saturated carbocycles. The fraction of sp³-hybridized carbons (Fsp3) is 0.259. The molecule has 0 bridgehead atoms. The molecular weight excluding hydrogens is 527 g/mol. The van der Waals surface area contributed by atoms with Gasteiger partial charge in [0.05, 0.1) is 39.5 Å². The minimum atomic E-state index is -1.68. The van der Waals surface area contributed by atoms with Crippen LogP contribution in [0.5, 0.6) is 23.0 Å². The van der Waals surface area contributed by atoms with E-state index in [1.54, 1.807) is 6.07 Å². The van der Waals surface area contributed by atoms with Gasteiger partial charge in [0.2, 0.25) is 11.2 Å². The van der Waals surface area contributed by atoms with Gasteiger partial charge in [-0.1, -0.05) is 17.7 Å². The summed E-state index contributed by atoms with van der Waals surface area (Å²) >= 11 is 6.75. The standard InChI is InChI=1S/C27H23ClF3NO6/c1-35-20-8-6-13-15(11-19(20)33)18(32-27(34)12-9-16(29)23(31)17(30)10-12)7-5-14-21(13)24(36-2)26(38-4)25(37-3)22(14)28/h6,8-11,18H,5,7H2,1-4H3,(H,32,34)/t18-/m0/s1. The maximum absolute atomic E-state index is 13.8. The topological polar surface area (TPSA) is 83.1 Å². The van der Waals surface area contributed by atoms with Crippen molar-refractivity contribution in [2.24, 2.45) is 0 Å². The Morgan fingerprint density at radius 2 is 1.55 bits per heavy atom. The SMILES string of the molecule is COc1c(Cl)c2c(c(OC)c1OC)-c1ccc(OC)c(=O)cc1[C@@H](NC(=O)c1cc(F)c(F)c(F)c1)CC2.